The molecule has 1 saturated heterocycles. The number of thioether (sulfide) groups is 1. The largest absolute Gasteiger partial charge is 0.493 e. The molecule has 0 aliphatic carbocycles. The predicted molar refractivity (Wildman–Crippen MR) is 130 cm³/mol. The summed E-state index contributed by atoms with van der Waals surface area (Å²) in [4.78, 5) is 25.7. The molecule has 0 unspecified atom stereocenters. The number of hydrogen-bond donors (Lipinski definition) is 1. The maximum atomic E-state index is 12.8. The molecular weight excluding hydrogens is 524 g/mol. The average molecular weight is 542 g/mol. The first-order valence-electron chi connectivity index (χ1n) is 9.08. The molecule has 3 rings (SSSR count). The first-order chi connectivity index (χ1) is 14.7. The van der Waals surface area contributed by atoms with Crippen molar-refractivity contribution in [3.8, 4) is 11.5 Å². The van der Waals surface area contributed by atoms with Gasteiger partial charge < -0.3 is 9.47 Å². The van der Waals surface area contributed by atoms with Crippen molar-refractivity contribution < 1.29 is 19.1 Å². The lowest BCUT2D eigenvalue weighted by atomic mass is 10.2. The van der Waals surface area contributed by atoms with Crippen LogP contribution in [-0.2, 0) is 4.79 Å². The Morgan fingerprint density at radius 1 is 1.32 bits per heavy atom. The van der Waals surface area contributed by atoms with Crippen LogP contribution in [0, 0.1) is 0 Å². The van der Waals surface area contributed by atoms with Gasteiger partial charge >= 0.3 is 0 Å². The highest BCUT2D eigenvalue weighted by atomic mass is 79.9. The number of hydrogen-bond acceptors (Lipinski definition) is 6. The van der Waals surface area contributed by atoms with Gasteiger partial charge in [0.1, 0.15) is 0 Å². The quantitative estimate of drug-likeness (QED) is 0.388. The number of ether oxygens (including phenoxy) is 2. The van der Waals surface area contributed by atoms with E-state index >= 15 is 0 Å². The van der Waals surface area contributed by atoms with Crippen molar-refractivity contribution in [2.24, 2.45) is 0 Å². The zero-order valence-corrected chi connectivity index (χ0v) is 20.7. The second-order valence-electron chi connectivity index (χ2n) is 6.67. The number of benzene rings is 2. The summed E-state index contributed by atoms with van der Waals surface area (Å²) in [7, 11) is 1.55. The Bertz CT molecular complexity index is 1090. The van der Waals surface area contributed by atoms with Crippen molar-refractivity contribution in [2.75, 3.05) is 7.11 Å². The molecule has 0 atom stereocenters. The SMILES string of the molecule is COc1cc(/C=C2\SC(=S)N(NC(=O)c3cccc(Cl)c3)C2=O)cc(Br)c1OC(C)C. The van der Waals surface area contributed by atoms with Crippen molar-refractivity contribution >= 4 is 73.7 Å². The summed E-state index contributed by atoms with van der Waals surface area (Å²) in [6, 6.07) is 10.00. The van der Waals surface area contributed by atoms with E-state index in [1.165, 1.54) is 6.07 Å². The van der Waals surface area contributed by atoms with Gasteiger partial charge in [-0.2, -0.15) is 5.01 Å². The molecule has 1 heterocycles. The minimum Gasteiger partial charge on any atom is -0.493 e. The number of nitrogens with zero attached hydrogens (tertiary/aromatic N) is 1. The number of methoxy groups -OCH3 is 1. The first-order valence-corrected chi connectivity index (χ1v) is 11.5. The Kier molecular flexibility index (Phi) is 7.64. The standard InChI is InChI=1S/C21H18BrClN2O4S2/c1-11(2)29-18-15(22)7-12(8-16(18)28-3)9-17-20(27)25(21(30)31-17)24-19(26)13-5-4-6-14(23)10-13/h4-11H,1-3H3,(H,24,26)/b17-9-. The molecule has 0 spiro atoms. The maximum absolute atomic E-state index is 12.8. The molecule has 0 radical (unpaired) electrons. The topological polar surface area (TPSA) is 67.9 Å². The fourth-order valence-electron chi connectivity index (χ4n) is 2.68. The lowest BCUT2D eigenvalue weighted by Gasteiger charge is -2.16. The first kappa shape index (κ1) is 23.6. The molecule has 1 aliphatic heterocycles. The summed E-state index contributed by atoms with van der Waals surface area (Å²) in [5, 5.41) is 1.47. The molecule has 1 aliphatic rings. The van der Waals surface area contributed by atoms with Gasteiger partial charge in [-0.15, -0.1) is 0 Å². The third-order valence-electron chi connectivity index (χ3n) is 4.00. The molecule has 2 amide bonds. The highest BCUT2D eigenvalue weighted by Crippen LogP contribution is 2.39. The van der Waals surface area contributed by atoms with Gasteiger partial charge in [0.2, 0.25) is 0 Å². The number of carbonyl (C=O) groups is 2. The molecule has 31 heavy (non-hydrogen) atoms. The summed E-state index contributed by atoms with van der Waals surface area (Å²) in [6.45, 7) is 3.84. The van der Waals surface area contributed by atoms with E-state index in [1.807, 2.05) is 19.9 Å². The van der Waals surface area contributed by atoms with E-state index in [0.29, 0.717) is 37.0 Å². The number of nitrogens with one attached hydrogen (secondary N) is 1. The van der Waals surface area contributed by atoms with Crippen molar-refractivity contribution in [1.82, 2.24) is 10.4 Å². The molecular formula is C21H18BrClN2O4S2. The van der Waals surface area contributed by atoms with Crippen LogP contribution in [0.2, 0.25) is 5.02 Å². The van der Waals surface area contributed by atoms with E-state index in [4.69, 9.17) is 33.3 Å². The number of carbonyl (C=O) groups excluding carboxylic acids is 2. The molecule has 1 N–H and O–H groups in total. The smallest absolute Gasteiger partial charge is 0.285 e. The number of halogens is 2. The Labute approximate surface area is 203 Å². The van der Waals surface area contributed by atoms with Crippen LogP contribution in [0.1, 0.15) is 29.8 Å². The third-order valence-corrected chi connectivity index (χ3v) is 6.12. The fourth-order valence-corrected chi connectivity index (χ4v) is 4.61. The fraction of sp³-hybridized carbons (Fsp3) is 0.190. The van der Waals surface area contributed by atoms with Crippen molar-refractivity contribution in [2.45, 2.75) is 20.0 Å². The maximum Gasteiger partial charge on any atom is 0.285 e. The lowest BCUT2D eigenvalue weighted by Crippen LogP contribution is -2.44. The van der Waals surface area contributed by atoms with Crippen LogP contribution >= 0.6 is 51.5 Å². The number of amides is 2. The minimum absolute atomic E-state index is 0.0320. The summed E-state index contributed by atoms with van der Waals surface area (Å²) in [6.07, 6.45) is 1.65. The second kappa shape index (κ2) is 10.0. The molecule has 2 aromatic carbocycles. The van der Waals surface area contributed by atoms with E-state index in [1.54, 1.807) is 37.5 Å². The number of rotatable bonds is 6. The van der Waals surface area contributed by atoms with E-state index in [0.717, 1.165) is 16.8 Å². The zero-order chi connectivity index (χ0) is 22.7. The van der Waals surface area contributed by atoms with Crippen LogP contribution in [0.25, 0.3) is 6.08 Å². The summed E-state index contributed by atoms with van der Waals surface area (Å²) in [5.41, 5.74) is 3.56. The van der Waals surface area contributed by atoms with Crippen LogP contribution in [0.5, 0.6) is 11.5 Å². The van der Waals surface area contributed by atoms with Crippen LogP contribution in [0.4, 0.5) is 0 Å². The molecule has 0 bridgehead atoms. The highest BCUT2D eigenvalue weighted by Gasteiger charge is 2.34. The molecule has 6 nitrogen and oxygen atoms in total. The summed E-state index contributed by atoms with van der Waals surface area (Å²) < 4.78 is 12.1. The Morgan fingerprint density at radius 3 is 2.71 bits per heavy atom. The van der Waals surface area contributed by atoms with Crippen LogP contribution in [0.15, 0.2) is 45.8 Å². The lowest BCUT2D eigenvalue weighted by molar-refractivity contribution is -0.123. The van der Waals surface area contributed by atoms with Crippen molar-refractivity contribution in [3.63, 3.8) is 0 Å². The molecule has 10 heteroatoms. The highest BCUT2D eigenvalue weighted by molar-refractivity contribution is 9.10. The van der Waals surface area contributed by atoms with Gasteiger partial charge in [0.25, 0.3) is 11.8 Å². The van der Waals surface area contributed by atoms with Crippen LogP contribution in [-0.4, -0.2) is 34.4 Å². The molecule has 2 aromatic rings. The van der Waals surface area contributed by atoms with Gasteiger partial charge in [-0.3, -0.25) is 15.0 Å². The Balaban J connectivity index is 1.83. The monoisotopic (exact) mass is 540 g/mol. The third kappa shape index (κ3) is 5.60. The van der Waals surface area contributed by atoms with Gasteiger partial charge in [-0.05, 0) is 84.0 Å². The van der Waals surface area contributed by atoms with E-state index < -0.39 is 11.8 Å². The summed E-state index contributed by atoms with van der Waals surface area (Å²) in [5.74, 6) is 0.192. The van der Waals surface area contributed by atoms with E-state index in [9.17, 15) is 9.59 Å². The van der Waals surface area contributed by atoms with Gasteiger partial charge in [-0.25, -0.2) is 0 Å². The van der Waals surface area contributed by atoms with Crippen molar-refractivity contribution in [1.29, 1.82) is 0 Å². The van der Waals surface area contributed by atoms with E-state index in [-0.39, 0.29) is 10.4 Å². The Morgan fingerprint density at radius 2 is 2.06 bits per heavy atom. The molecule has 162 valence electrons. The molecule has 0 saturated carbocycles. The van der Waals surface area contributed by atoms with Gasteiger partial charge in [-0.1, -0.05) is 29.4 Å². The molecule has 0 aromatic heterocycles. The van der Waals surface area contributed by atoms with Gasteiger partial charge in [0, 0.05) is 10.6 Å². The van der Waals surface area contributed by atoms with E-state index in [2.05, 4.69) is 21.4 Å². The summed E-state index contributed by atoms with van der Waals surface area (Å²) >= 11 is 15.8. The normalized spacial score (nSPS) is 15.0. The predicted octanol–water partition coefficient (Wildman–Crippen LogP) is 5.44. The zero-order valence-electron chi connectivity index (χ0n) is 16.8. The number of thiocarbonyl (C=S) groups is 1. The minimum atomic E-state index is -0.486. The van der Waals surface area contributed by atoms with Crippen molar-refractivity contribution in [3.05, 3.63) is 61.9 Å². The second-order valence-corrected chi connectivity index (χ2v) is 9.64. The Hall–Kier alpha value is -2.07. The average Bonchev–Trinajstić information content (AvgIpc) is 2.96. The van der Waals surface area contributed by atoms with Gasteiger partial charge in [0.05, 0.1) is 22.6 Å². The van der Waals surface area contributed by atoms with Crippen LogP contribution < -0.4 is 14.9 Å². The molecule has 1 fully saturated rings. The van der Waals surface area contributed by atoms with Gasteiger partial charge in [0.15, 0.2) is 15.8 Å². The van der Waals surface area contributed by atoms with Crippen LogP contribution in [0.3, 0.4) is 0 Å². The number of hydrazine groups is 1.